The van der Waals surface area contributed by atoms with E-state index in [0.717, 1.165) is 6.42 Å². The van der Waals surface area contributed by atoms with Gasteiger partial charge in [-0.1, -0.05) is 26.3 Å². The van der Waals surface area contributed by atoms with E-state index < -0.39 is 18.0 Å². The Balaban J connectivity index is 2.74. The number of nitrogens with one attached hydrogen (secondary N) is 3. The van der Waals surface area contributed by atoms with Gasteiger partial charge in [-0.2, -0.15) is 0 Å². The maximum atomic E-state index is 12.1. The molecule has 0 aliphatic rings. The Bertz CT molecular complexity index is 574. The van der Waals surface area contributed by atoms with E-state index in [-0.39, 0.29) is 11.8 Å². The molecule has 0 heterocycles. The predicted octanol–water partition coefficient (Wildman–Crippen LogP) is 2.35. The number of anilines is 2. The summed E-state index contributed by atoms with van der Waals surface area (Å²) < 4.78 is 4.72. The van der Waals surface area contributed by atoms with Gasteiger partial charge in [-0.05, 0) is 24.1 Å². The highest BCUT2D eigenvalue weighted by Gasteiger charge is 2.26. The minimum atomic E-state index is -0.719. The number of carbonyl (C=O) groups is 3. The molecule has 1 aromatic rings. The smallest absolute Gasteiger partial charge is 0.328 e. The van der Waals surface area contributed by atoms with Crippen LogP contribution in [0.5, 0.6) is 0 Å². The van der Waals surface area contributed by atoms with Crippen LogP contribution in [-0.4, -0.2) is 31.1 Å². The van der Waals surface area contributed by atoms with Crippen LogP contribution in [0, 0.1) is 5.92 Å². The van der Waals surface area contributed by atoms with Crippen LogP contribution in [0.25, 0.3) is 0 Å². The molecule has 0 bridgehead atoms. The van der Waals surface area contributed by atoms with Crippen molar-refractivity contribution in [3.8, 4) is 0 Å². The van der Waals surface area contributed by atoms with Crippen molar-refractivity contribution in [3.05, 3.63) is 24.3 Å². The van der Waals surface area contributed by atoms with Gasteiger partial charge in [0.25, 0.3) is 0 Å². The van der Waals surface area contributed by atoms with Gasteiger partial charge in [0, 0.05) is 18.3 Å². The first-order valence-electron chi connectivity index (χ1n) is 7.40. The molecule has 0 aromatic heterocycles. The SMILES string of the molecule is CCC(C)[C@H](NC(=O)Nc1cccc(NC(C)=O)c1)C(=O)OC. The van der Waals surface area contributed by atoms with Crippen LogP contribution in [0.4, 0.5) is 16.2 Å². The number of benzene rings is 1. The second kappa shape index (κ2) is 8.77. The Labute approximate surface area is 135 Å². The standard InChI is InChI=1S/C16H23N3O4/c1-5-10(2)14(15(21)23-4)19-16(22)18-13-8-6-7-12(9-13)17-11(3)20/h6-10,14H,5H2,1-4H3,(H,17,20)(H2,18,19,22)/t10?,14-/m0/s1. The zero-order valence-electron chi connectivity index (χ0n) is 13.8. The van der Waals surface area contributed by atoms with Crippen molar-refractivity contribution in [2.75, 3.05) is 17.7 Å². The van der Waals surface area contributed by atoms with Crippen molar-refractivity contribution < 1.29 is 19.1 Å². The predicted molar refractivity (Wildman–Crippen MR) is 88.2 cm³/mol. The summed E-state index contributed by atoms with van der Waals surface area (Å²) in [6, 6.07) is 5.48. The normalized spacial score (nSPS) is 12.7. The number of urea groups is 1. The van der Waals surface area contributed by atoms with Crippen molar-refractivity contribution >= 4 is 29.3 Å². The van der Waals surface area contributed by atoms with Crippen LogP contribution in [0.1, 0.15) is 27.2 Å². The van der Waals surface area contributed by atoms with Crippen molar-refractivity contribution in [1.82, 2.24) is 5.32 Å². The van der Waals surface area contributed by atoms with E-state index in [4.69, 9.17) is 4.74 Å². The van der Waals surface area contributed by atoms with Gasteiger partial charge in [-0.25, -0.2) is 9.59 Å². The minimum absolute atomic E-state index is 0.0566. The molecule has 7 heteroatoms. The van der Waals surface area contributed by atoms with Crippen LogP contribution in [-0.2, 0) is 14.3 Å². The summed E-state index contributed by atoms with van der Waals surface area (Å²) in [5, 5.41) is 7.88. The van der Waals surface area contributed by atoms with Gasteiger partial charge < -0.3 is 20.7 Å². The Hall–Kier alpha value is -2.57. The van der Waals surface area contributed by atoms with Gasteiger partial charge in [0.1, 0.15) is 6.04 Å². The van der Waals surface area contributed by atoms with E-state index in [9.17, 15) is 14.4 Å². The first-order valence-corrected chi connectivity index (χ1v) is 7.40. The zero-order valence-corrected chi connectivity index (χ0v) is 13.8. The van der Waals surface area contributed by atoms with Crippen molar-refractivity contribution in [3.63, 3.8) is 0 Å². The fourth-order valence-corrected chi connectivity index (χ4v) is 1.98. The largest absolute Gasteiger partial charge is 0.467 e. The van der Waals surface area contributed by atoms with Crippen LogP contribution >= 0.6 is 0 Å². The second-order valence-electron chi connectivity index (χ2n) is 5.25. The summed E-state index contributed by atoms with van der Waals surface area (Å²) >= 11 is 0. The van der Waals surface area contributed by atoms with Gasteiger partial charge in [0.2, 0.25) is 5.91 Å². The number of hydrogen-bond acceptors (Lipinski definition) is 4. The summed E-state index contributed by atoms with van der Waals surface area (Å²) in [6.45, 7) is 5.19. The van der Waals surface area contributed by atoms with E-state index in [1.165, 1.54) is 14.0 Å². The van der Waals surface area contributed by atoms with Gasteiger partial charge in [0.05, 0.1) is 7.11 Å². The maximum absolute atomic E-state index is 12.1. The number of rotatable bonds is 6. The Kier molecular flexibility index (Phi) is 7.05. The van der Waals surface area contributed by atoms with Crippen molar-refractivity contribution in [2.24, 2.45) is 5.92 Å². The molecule has 1 rings (SSSR count). The molecule has 3 N–H and O–H groups in total. The van der Waals surface area contributed by atoms with E-state index >= 15 is 0 Å². The third-order valence-electron chi connectivity index (χ3n) is 3.40. The highest BCUT2D eigenvalue weighted by Crippen LogP contribution is 2.15. The first kappa shape index (κ1) is 18.5. The van der Waals surface area contributed by atoms with Gasteiger partial charge in [-0.3, -0.25) is 4.79 Å². The van der Waals surface area contributed by atoms with Gasteiger partial charge >= 0.3 is 12.0 Å². The number of methoxy groups -OCH3 is 1. The minimum Gasteiger partial charge on any atom is -0.467 e. The lowest BCUT2D eigenvalue weighted by atomic mass is 9.99. The van der Waals surface area contributed by atoms with Crippen molar-refractivity contribution in [2.45, 2.75) is 33.2 Å². The van der Waals surface area contributed by atoms with Crippen LogP contribution in [0.3, 0.4) is 0 Å². The Morgan fingerprint density at radius 2 is 1.78 bits per heavy atom. The number of esters is 1. The fraction of sp³-hybridized carbons (Fsp3) is 0.438. The highest BCUT2D eigenvalue weighted by molar-refractivity contribution is 5.94. The van der Waals surface area contributed by atoms with Crippen LogP contribution < -0.4 is 16.0 Å². The molecular formula is C16H23N3O4. The lowest BCUT2D eigenvalue weighted by Crippen LogP contribution is -2.47. The first-order chi connectivity index (χ1) is 10.9. The second-order valence-corrected chi connectivity index (χ2v) is 5.25. The van der Waals surface area contributed by atoms with Crippen molar-refractivity contribution in [1.29, 1.82) is 0 Å². The number of amides is 3. The molecule has 0 radical (unpaired) electrons. The summed E-state index contributed by atoms with van der Waals surface area (Å²) in [5.41, 5.74) is 1.07. The molecule has 126 valence electrons. The fourth-order valence-electron chi connectivity index (χ4n) is 1.98. The lowest BCUT2D eigenvalue weighted by Gasteiger charge is -2.22. The average Bonchev–Trinajstić information content (AvgIpc) is 2.50. The molecule has 2 atom stereocenters. The third-order valence-corrected chi connectivity index (χ3v) is 3.40. The average molecular weight is 321 g/mol. The number of carbonyl (C=O) groups excluding carboxylic acids is 3. The van der Waals surface area contributed by atoms with Gasteiger partial charge in [0.15, 0.2) is 0 Å². The monoisotopic (exact) mass is 321 g/mol. The molecule has 7 nitrogen and oxygen atoms in total. The lowest BCUT2D eigenvalue weighted by molar-refractivity contribution is -0.144. The third kappa shape index (κ3) is 5.98. The van der Waals surface area contributed by atoms with Crippen LogP contribution in [0.15, 0.2) is 24.3 Å². The topological polar surface area (TPSA) is 96.5 Å². The van der Waals surface area contributed by atoms with E-state index in [1.54, 1.807) is 24.3 Å². The summed E-state index contributed by atoms with van der Waals surface area (Å²) in [5.74, 6) is -0.741. The van der Waals surface area contributed by atoms with E-state index in [2.05, 4.69) is 16.0 Å². The molecule has 0 saturated carbocycles. The summed E-state index contributed by atoms with van der Waals surface area (Å²) in [4.78, 5) is 34.9. The summed E-state index contributed by atoms with van der Waals surface area (Å²) in [7, 11) is 1.29. The molecule has 0 aliphatic carbocycles. The molecule has 3 amide bonds. The maximum Gasteiger partial charge on any atom is 0.328 e. The molecule has 0 aliphatic heterocycles. The molecule has 0 fully saturated rings. The Morgan fingerprint density at radius 3 is 2.30 bits per heavy atom. The molecular weight excluding hydrogens is 298 g/mol. The van der Waals surface area contributed by atoms with Crippen LogP contribution in [0.2, 0.25) is 0 Å². The van der Waals surface area contributed by atoms with E-state index in [1.807, 2.05) is 13.8 Å². The molecule has 0 spiro atoms. The number of hydrogen-bond donors (Lipinski definition) is 3. The van der Waals surface area contributed by atoms with E-state index in [0.29, 0.717) is 11.4 Å². The summed E-state index contributed by atoms with van der Waals surface area (Å²) in [6.07, 6.45) is 0.720. The van der Waals surface area contributed by atoms with Gasteiger partial charge in [-0.15, -0.1) is 0 Å². The molecule has 1 unspecified atom stereocenters. The Morgan fingerprint density at radius 1 is 1.17 bits per heavy atom. The quantitative estimate of drug-likeness (QED) is 0.701. The molecule has 1 aromatic carbocycles. The molecule has 0 saturated heterocycles. The highest BCUT2D eigenvalue weighted by atomic mass is 16.5. The number of ether oxygens (including phenoxy) is 1. The zero-order chi connectivity index (χ0) is 17.4. The molecule has 23 heavy (non-hydrogen) atoms.